The summed E-state index contributed by atoms with van der Waals surface area (Å²) >= 11 is 0. The quantitative estimate of drug-likeness (QED) is 0.292. The van der Waals surface area contributed by atoms with Crippen molar-refractivity contribution in [2.75, 3.05) is 13.7 Å². The molecular formula is C25H29NO6. The average Bonchev–Trinajstić information content (AvgIpc) is 3.05. The Labute approximate surface area is 186 Å². The van der Waals surface area contributed by atoms with Gasteiger partial charge in [-0.25, -0.2) is 4.79 Å². The lowest BCUT2D eigenvalue weighted by molar-refractivity contribution is -0.142. The van der Waals surface area contributed by atoms with Crippen LogP contribution in [0.1, 0.15) is 59.2 Å². The summed E-state index contributed by atoms with van der Waals surface area (Å²) in [6.07, 6.45) is 0.149. The molecule has 0 spiro atoms. The van der Waals surface area contributed by atoms with Gasteiger partial charge in [0.2, 0.25) is 5.78 Å². The Morgan fingerprint density at radius 1 is 1.12 bits per heavy atom. The molecule has 2 heterocycles. The van der Waals surface area contributed by atoms with Crippen LogP contribution in [0.2, 0.25) is 0 Å². The van der Waals surface area contributed by atoms with Crippen molar-refractivity contribution in [1.82, 2.24) is 4.57 Å². The zero-order valence-electron chi connectivity index (χ0n) is 19.4. The van der Waals surface area contributed by atoms with Gasteiger partial charge in [-0.3, -0.25) is 9.59 Å². The lowest BCUT2D eigenvalue weighted by Gasteiger charge is -2.13. The molecule has 2 aromatic heterocycles. The fraction of sp³-hybridized carbons (Fsp3) is 0.400. The summed E-state index contributed by atoms with van der Waals surface area (Å²) in [5, 5.41) is 0.782. The van der Waals surface area contributed by atoms with Gasteiger partial charge in [0, 0.05) is 46.4 Å². The molecule has 0 saturated carbocycles. The number of hydrogen-bond donors (Lipinski definition) is 0. The molecule has 0 atom stereocenters. The average molecular weight is 440 g/mol. The molecule has 0 bridgehead atoms. The number of esters is 1. The van der Waals surface area contributed by atoms with Gasteiger partial charge in [-0.15, -0.1) is 0 Å². The predicted molar refractivity (Wildman–Crippen MR) is 122 cm³/mol. The van der Waals surface area contributed by atoms with E-state index in [0.29, 0.717) is 22.5 Å². The highest BCUT2D eigenvalue weighted by Gasteiger charge is 2.19. The van der Waals surface area contributed by atoms with Crippen LogP contribution in [0.5, 0.6) is 5.75 Å². The minimum atomic E-state index is -0.537. The van der Waals surface area contributed by atoms with Gasteiger partial charge in [-0.2, -0.15) is 0 Å². The zero-order valence-corrected chi connectivity index (χ0v) is 19.4. The summed E-state index contributed by atoms with van der Waals surface area (Å²) in [7, 11) is 1.54. The van der Waals surface area contributed by atoms with Crippen LogP contribution < -0.4 is 10.4 Å². The molecular weight excluding hydrogens is 410 g/mol. The largest absolute Gasteiger partial charge is 0.497 e. The van der Waals surface area contributed by atoms with Crippen LogP contribution >= 0.6 is 0 Å². The first kappa shape index (κ1) is 23.3. The zero-order chi connectivity index (χ0) is 23.6. The normalized spacial score (nSPS) is 11.2. The van der Waals surface area contributed by atoms with E-state index in [-0.39, 0.29) is 31.3 Å². The van der Waals surface area contributed by atoms with Gasteiger partial charge in [0.25, 0.3) is 0 Å². The summed E-state index contributed by atoms with van der Waals surface area (Å²) in [5.74, 6) is -0.187. The van der Waals surface area contributed by atoms with Crippen LogP contribution in [-0.4, -0.2) is 30.0 Å². The van der Waals surface area contributed by atoms with Crippen molar-refractivity contribution < 1.29 is 23.5 Å². The fourth-order valence-corrected chi connectivity index (χ4v) is 4.17. The summed E-state index contributed by atoms with van der Waals surface area (Å²) in [5.41, 5.74) is 3.53. The van der Waals surface area contributed by atoms with Crippen molar-refractivity contribution >= 4 is 22.7 Å². The summed E-state index contributed by atoms with van der Waals surface area (Å²) in [6, 6.07) is 7.32. The maximum absolute atomic E-state index is 12.6. The van der Waals surface area contributed by atoms with E-state index in [4.69, 9.17) is 13.9 Å². The van der Waals surface area contributed by atoms with Gasteiger partial charge in [0.05, 0.1) is 7.11 Å². The molecule has 3 aromatic rings. The van der Waals surface area contributed by atoms with Gasteiger partial charge in [-0.05, 0) is 64.8 Å². The third-order valence-corrected chi connectivity index (χ3v) is 5.74. The Morgan fingerprint density at radius 2 is 1.84 bits per heavy atom. The monoisotopic (exact) mass is 439 g/mol. The number of aryl methyl sites for hydroxylation is 2. The second-order valence-corrected chi connectivity index (χ2v) is 8.19. The van der Waals surface area contributed by atoms with E-state index in [1.54, 1.807) is 19.2 Å². The fourth-order valence-electron chi connectivity index (χ4n) is 4.17. The molecule has 1 aromatic carbocycles. The predicted octanol–water partition coefficient (Wildman–Crippen LogP) is 4.47. The third kappa shape index (κ3) is 4.61. The molecule has 0 aliphatic rings. The highest BCUT2D eigenvalue weighted by molar-refractivity contribution is 5.99. The van der Waals surface area contributed by atoms with E-state index in [0.717, 1.165) is 22.3 Å². The van der Waals surface area contributed by atoms with E-state index in [2.05, 4.69) is 18.4 Å². The molecule has 0 saturated heterocycles. The molecule has 0 amide bonds. The van der Waals surface area contributed by atoms with Crippen molar-refractivity contribution in [2.45, 2.75) is 53.5 Å². The second kappa shape index (κ2) is 9.42. The first-order valence-corrected chi connectivity index (χ1v) is 10.6. The second-order valence-electron chi connectivity index (χ2n) is 8.19. The summed E-state index contributed by atoms with van der Waals surface area (Å²) in [6.45, 7) is 9.43. The standard InChI is InChI=1S/C25H29NO6/c1-14(2)26-15(3)11-21(17(26)5)22(27)13-31-24(28)10-9-20-16(4)19-8-7-18(30-6)12-23(19)32-25(20)29/h7-8,11-12,14H,9-10,13H2,1-6H3. The number of Topliss-reactive ketones (excluding diaryl/α,β-unsaturated/α-hetero) is 1. The van der Waals surface area contributed by atoms with E-state index in [1.165, 1.54) is 0 Å². The lowest BCUT2D eigenvalue weighted by atomic mass is 10.0. The minimum Gasteiger partial charge on any atom is -0.497 e. The van der Waals surface area contributed by atoms with Crippen LogP contribution in [0.15, 0.2) is 33.5 Å². The molecule has 0 fully saturated rings. The van der Waals surface area contributed by atoms with Crippen molar-refractivity contribution in [3.63, 3.8) is 0 Å². The number of hydrogen-bond acceptors (Lipinski definition) is 6. The van der Waals surface area contributed by atoms with Crippen LogP contribution in [0.25, 0.3) is 11.0 Å². The number of benzene rings is 1. The van der Waals surface area contributed by atoms with Crippen molar-refractivity contribution in [3.8, 4) is 5.75 Å². The van der Waals surface area contributed by atoms with E-state index < -0.39 is 11.6 Å². The number of carbonyl (C=O) groups excluding carboxylic acids is 2. The molecule has 170 valence electrons. The number of aromatic nitrogens is 1. The van der Waals surface area contributed by atoms with Crippen molar-refractivity contribution in [3.05, 3.63) is 62.8 Å². The smallest absolute Gasteiger partial charge is 0.339 e. The van der Waals surface area contributed by atoms with Crippen LogP contribution in [0, 0.1) is 20.8 Å². The summed E-state index contributed by atoms with van der Waals surface area (Å²) < 4.78 is 17.8. The van der Waals surface area contributed by atoms with E-state index >= 15 is 0 Å². The topological polar surface area (TPSA) is 87.7 Å². The SMILES string of the molecule is COc1ccc2c(C)c(CCC(=O)OCC(=O)c3cc(C)n(C(C)C)c3C)c(=O)oc2c1. The van der Waals surface area contributed by atoms with Gasteiger partial charge >= 0.3 is 11.6 Å². The molecule has 0 aliphatic heterocycles. The van der Waals surface area contributed by atoms with Crippen LogP contribution in [-0.2, 0) is 16.0 Å². The Balaban J connectivity index is 1.65. The van der Waals surface area contributed by atoms with Gasteiger partial charge in [-0.1, -0.05) is 0 Å². The molecule has 3 rings (SSSR count). The Bertz CT molecular complexity index is 1230. The molecule has 32 heavy (non-hydrogen) atoms. The van der Waals surface area contributed by atoms with Gasteiger partial charge < -0.3 is 18.5 Å². The first-order valence-electron chi connectivity index (χ1n) is 10.6. The Kier molecular flexibility index (Phi) is 6.87. The van der Waals surface area contributed by atoms with Gasteiger partial charge in [0.1, 0.15) is 11.3 Å². The minimum absolute atomic E-state index is 0.0223. The van der Waals surface area contributed by atoms with Crippen LogP contribution in [0.4, 0.5) is 0 Å². The third-order valence-electron chi connectivity index (χ3n) is 5.74. The number of fused-ring (bicyclic) bond motifs is 1. The molecule has 0 unspecified atom stereocenters. The molecule has 0 radical (unpaired) electrons. The number of ether oxygens (including phenoxy) is 2. The number of ketones is 1. The highest BCUT2D eigenvalue weighted by Crippen LogP contribution is 2.25. The molecule has 0 aliphatic carbocycles. The number of nitrogens with zero attached hydrogens (tertiary/aromatic N) is 1. The maximum Gasteiger partial charge on any atom is 0.339 e. The van der Waals surface area contributed by atoms with Gasteiger partial charge in [0.15, 0.2) is 6.61 Å². The van der Waals surface area contributed by atoms with E-state index in [1.807, 2.05) is 32.9 Å². The maximum atomic E-state index is 12.6. The van der Waals surface area contributed by atoms with E-state index in [9.17, 15) is 14.4 Å². The molecule has 7 heteroatoms. The highest BCUT2D eigenvalue weighted by atomic mass is 16.5. The number of carbonyl (C=O) groups is 2. The Hall–Kier alpha value is -3.35. The van der Waals surface area contributed by atoms with Crippen molar-refractivity contribution in [1.29, 1.82) is 0 Å². The summed E-state index contributed by atoms with van der Waals surface area (Å²) in [4.78, 5) is 37.3. The number of methoxy groups -OCH3 is 1. The van der Waals surface area contributed by atoms with Crippen LogP contribution in [0.3, 0.4) is 0 Å². The number of rotatable bonds is 8. The van der Waals surface area contributed by atoms with Crippen molar-refractivity contribution in [2.24, 2.45) is 0 Å². The molecule has 0 N–H and O–H groups in total. The lowest BCUT2D eigenvalue weighted by Crippen LogP contribution is -2.17. The first-order chi connectivity index (χ1) is 15.1. The Morgan fingerprint density at radius 3 is 2.47 bits per heavy atom. The molecule has 7 nitrogen and oxygen atoms in total.